The van der Waals surface area contributed by atoms with Crippen LogP contribution in [0.3, 0.4) is 0 Å². The number of benzene rings is 2. The van der Waals surface area contributed by atoms with E-state index in [4.69, 9.17) is 16.3 Å². The van der Waals surface area contributed by atoms with Crippen LogP contribution in [0, 0.1) is 17.6 Å². The number of amides is 1. The zero-order valence-corrected chi connectivity index (χ0v) is 21.1. The van der Waals surface area contributed by atoms with Gasteiger partial charge in [0.25, 0.3) is 15.9 Å². The molecule has 34 heavy (non-hydrogen) atoms. The van der Waals surface area contributed by atoms with Crippen LogP contribution in [0.25, 0.3) is 0 Å². The van der Waals surface area contributed by atoms with Crippen LogP contribution < -0.4 is 10.0 Å². The van der Waals surface area contributed by atoms with Gasteiger partial charge in [-0.05, 0) is 67.6 Å². The van der Waals surface area contributed by atoms with Crippen molar-refractivity contribution in [3.05, 3.63) is 69.6 Å². The number of carbonyl (C=O) groups is 2. The Morgan fingerprint density at radius 1 is 1.18 bits per heavy atom. The van der Waals surface area contributed by atoms with Gasteiger partial charge in [-0.15, -0.1) is 11.3 Å². The van der Waals surface area contributed by atoms with Crippen molar-refractivity contribution >= 4 is 67.3 Å². The highest BCUT2D eigenvalue weighted by atomic mass is 35.5. The second kappa shape index (κ2) is 10.9. The monoisotopic (exact) mass is 535 g/mol. The first-order chi connectivity index (χ1) is 16.2. The Hall–Kier alpha value is -3.04. The van der Waals surface area contributed by atoms with Gasteiger partial charge in [-0.1, -0.05) is 23.7 Å². The summed E-state index contributed by atoms with van der Waals surface area (Å²) in [7, 11) is -3.99. The first-order valence-electron chi connectivity index (χ1n) is 9.73. The van der Waals surface area contributed by atoms with E-state index < -0.39 is 21.9 Å². The van der Waals surface area contributed by atoms with Gasteiger partial charge in [-0.25, -0.2) is 13.2 Å². The van der Waals surface area contributed by atoms with Crippen LogP contribution >= 0.6 is 34.7 Å². The van der Waals surface area contributed by atoms with Crippen LogP contribution in [0.15, 0.2) is 58.3 Å². The van der Waals surface area contributed by atoms with Gasteiger partial charge in [-0.3, -0.25) is 9.52 Å². The number of nitrogens with one attached hydrogen (secondary N) is 2. The highest BCUT2D eigenvalue weighted by Gasteiger charge is 2.24. The second-order valence-corrected chi connectivity index (χ2v) is 10.6. The third kappa shape index (κ3) is 5.71. The molecule has 176 valence electrons. The normalized spacial score (nSPS) is 10.9. The van der Waals surface area contributed by atoms with Gasteiger partial charge >= 0.3 is 5.97 Å². The summed E-state index contributed by atoms with van der Waals surface area (Å²) < 4.78 is 33.1. The molecule has 8 nitrogen and oxygen atoms in total. The number of thioether (sulfide) groups is 1. The van der Waals surface area contributed by atoms with Crippen LogP contribution in [0.2, 0.25) is 5.02 Å². The second-order valence-electron chi connectivity index (χ2n) is 6.69. The number of nitrogens with zero attached hydrogens (tertiary/aromatic N) is 1. The highest BCUT2D eigenvalue weighted by molar-refractivity contribution is 8.04. The van der Waals surface area contributed by atoms with Crippen molar-refractivity contribution in [3.8, 4) is 5.40 Å². The minimum atomic E-state index is -3.99. The Balaban J connectivity index is 1.92. The van der Waals surface area contributed by atoms with Gasteiger partial charge in [0.2, 0.25) is 0 Å². The van der Waals surface area contributed by atoms with Crippen molar-refractivity contribution in [3.63, 3.8) is 0 Å². The number of rotatable bonds is 8. The zero-order chi connectivity index (χ0) is 24.9. The number of esters is 1. The fourth-order valence-corrected chi connectivity index (χ4v) is 5.90. The summed E-state index contributed by atoms with van der Waals surface area (Å²) in [5, 5.41) is 14.5. The number of sulfonamides is 1. The number of hydrogen-bond donors (Lipinski definition) is 2. The largest absolute Gasteiger partial charge is 0.462 e. The first kappa shape index (κ1) is 25.6. The predicted octanol–water partition coefficient (Wildman–Crippen LogP) is 5.51. The Morgan fingerprint density at radius 2 is 1.85 bits per heavy atom. The summed E-state index contributed by atoms with van der Waals surface area (Å²) in [5.41, 5.74) is 0.627. The zero-order valence-electron chi connectivity index (χ0n) is 17.9. The summed E-state index contributed by atoms with van der Waals surface area (Å²) in [5.74, 6) is -1.17. The number of anilines is 2. The number of hydrogen-bond acceptors (Lipinski definition) is 8. The van der Waals surface area contributed by atoms with Crippen molar-refractivity contribution in [1.29, 1.82) is 5.26 Å². The fourth-order valence-electron chi connectivity index (χ4n) is 2.90. The van der Waals surface area contributed by atoms with Crippen molar-refractivity contribution in [2.24, 2.45) is 0 Å². The predicted molar refractivity (Wildman–Crippen MR) is 133 cm³/mol. The maximum Gasteiger partial charge on any atom is 0.348 e. The van der Waals surface area contributed by atoms with Crippen molar-refractivity contribution < 1.29 is 22.7 Å². The first-order valence-corrected chi connectivity index (χ1v) is 13.2. The van der Waals surface area contributed by atoms with Crippen LogP contribution in [0.4, 0.5) is 10.7 Å². The Labute approximate surface area is 209 Å². The molecule has 0 spiro atoms. The summed E-state index contributed by atoms with van der Waals surface area (Å²) in [4.78, 5) is 26.0. The summed E-state index contributed by atoms with van der Waals surface area (Å²) in [6, 6.07) is 11.7. The molecule has 0 radical (unpaired) electrons. The lowest BCUT2D eigenvalue weighted by molar-refractivity contribution is 0.0531. The standard InChI is InChI=1S/C22H18ClN3O5S3/c1-3-31-22(28)19-13(2)18(32-12-24)21(33-19)25-20(27)16-6-4-5-7-17(16)26-34(29,30)15-10-8-14(23)9-11-15/h4-11,26H,3H2,1-2H3,(H,25,27). The van der Waals surface area contributed by atoms with Gasteiger partial charge < -0.3 is 10.1 Å². The third-order valence-electron chi connectivity index (χ3n) is 4.47. The number of ether oxygens (including phenoxy) is 1. The Bertz CT molecular complexity index is 1380. The van der Waals surface area contributed by atoms with E-state index in [0.717, 1.165) is 23.1 Å². The smallest absolute Gasteiger partial charge is 0.348 e. The van der Waals surface area contributed by atoms with Crippen molar-refractivity contribution in [1.82, 2.24) is 0 Å². The van der Waals surface area contributed by atoms with E-state index in [9.17, 15) is 23.3 Å². The van der Waals surface area contributed by atoms with Gasteiger partial charge in [-0.2, -0.15) is 5.26 Å². The molecule has 0 atom stereocenters. The topological polar surface area (TPSA) is 125 Å². The molecule has 3 rings (SSSR count). The van der Waals surface area contributed by atoms with Gasteiger partial charge in [0.1, 0.15) is 15.3 Å². The van der Waals surface area contributed by atoms with Gasteiger partial charge in [0.05, 0.1) is 27.6 Å². The van der Waals surface area contributed by atoms with Gasteiger partial charge in [0.15, 0.2) is 0 Å². The molecule has 1 heterocycles. The number of nitriles is 1. The highest BCUT2D eigenvalue weighted by Crippen LogP contribution is 2.40. The van der Waals surface area contributed by atoms with Crippen LogP contribution in [0.5, 0.6) is 0 Å². The molecular weight excluding hydrogens is 518 g/mol. The minimum Gasteiger partial charge on any atom is -0.462 e. The average Bonchev–Trinajstić information content (AvgIpc) is 3.10. The SMILES string of the molecule is CCOC(=O)c1sc(NC(=O)c2ccccc2NS(=O)(=O)c2ccc(Cl)cc2)c(SC#N)c1C. The van der Waals surface area contributed by atoms with Crippen LogP contribution in [0.1, 0.15) is 32.5 Å². The van der Waals surface area contributed by atoms with Crippen LogP contribution in [-0.2, 0) is 14.8 Å². The summed E-state index contributed by atoms with van der Waals surface area (Å²) in [6.45, 7) is 3.52. The average molecular weight is 536 g/mol. The Morgan fingerprint density at radius 3 is 2.50 bits per heavy atom. The molecule has 0 saturated carbocycles. The van der Waals surface area contributed by atoms with Gasteiger partial charge in [0, 0.05) is 5.02 Å². The maximum atomic E-state index is 13.1. The molecule has 2 aromatic carbocycles. The third-order valence-corrected chi connectivity index (χ3v) is 8.22. The number of thiophene rings is 1. The number of thiocyanates is 1. The molecule has 3 aromatic rings. The fraction of sp³-hybridized carbons (Fsp3) is 0.136. The van der Waals surface area contributed by atoms with E-state index in [-0.39, 0.29) is 32.6 Å². The molecule has 0 unspecified atom stereocenters. The molecule has 0 aliphatic rings. The van der Waals surface area contributed by atoms with E-state index in [2.05, 4.69) is 10.0 Å². The molecule has 0 saturated heterocycles. The molecule has 1 aromatic heterocycles. The number of carbonyl (C=O) groups excluding carboxylic acids is 2. The lowest BCUT2D eigenvalue weighted by Gasteiger charge is -2.13. The molecule has 0 aliphatic carbocycles. The molecular formula is C22H18ClN3O5S3. The van der Waals surface area contributed by atoms with Crippen molar-refractivity contribution in [2.45, 2.75) is 23.6 Å². The minimum absolute atomic E-state index is 0.0206. The lowest BCUT2D eigenvalue weighted by atomic mass is 10.1. The molecule has 12 heteroatoms. The molecule has 1 amide bonds. The molecule has 0 fully saturated rings. The van der Waals surface area contributed by atoms with E-state index >= 15 is 0 Å². The molecule has 0 bridgehead atoms. The number of para-hydroxylation sites is 1. The summed E-state index contributed by atoms with van der Waals surface area (Å²) in [6.07, 6.45) is 0. The molecule has 0 aliphatic heterocycles. The number of halogens is 1. The lowest BCUT2D eigenvalue weighted by Crippen LogP contribution is -2.18. The van der Waals surface area contributed by atoms with E-state index in [1.165, 1.54) is 36.4 Å². The maximum absolute atomic E-state index is 13.1. The van der Waals surface area contributed by atoms with E-state index in [1.54, 1.807) is 26.0 Å². The van der Waals surface area contributed by atoms with E-state index in [1.807, 2.05) is 5.40 Å². The quantitative estimate of drug-likeness (QED) is 0.221. The summed E-state index contributed by atoms with van der Waals surface area (Å²) >= 11 is 7.62. The van der Waals surface area contributed by atoms with Crippen LogP contribution in [-0.4, -0.2) is 26.9 Å². The molecule has 2 N–H and O–H groups in total. The van der Waals surface area contributed by atoms with E-state index in [0.29, 0.717) is 15.5 Å². The van der Waals surface area contributed by atoms with Crippen molar-refractivity contribution in [2.75, 3.05) is 16.6 Å². The Kier molecular flexibility index (Phi) is 8.22.